The fraction of sp³-hybridized carbons (Fsp3) is 0.250. The molecule has 0 saturated heterocycles. The van der Waals surface area contributed by atoms with Crippen molar-refractivity contribution < 1.29 is 4.79 Å². The highest BCUT2D eigenvalue weighted by Gasteiger charge is 2.06. The summed E-state index contributed by atoms with van der Waals surface area (Å²) in [5.41, 5.74) is 4.77. The number of fused-ring (bicyclic) bond motifs is 1. The lowest BCUT2D eigenvalue weighted by Gasteiger charge is -2.01. The second-order valence-electron chi connectivity index (χ2n) is 3.61. The van der Waals surface area contributed by atoms with Crippen LogP contribution in [0.5, 0.6) is 0 Å². The molecule has 1 aromatic carbocycles. The maximum absolute atomic E-state index is 10.5. The number of aromatic amines is 1. The zero-order chi connectivity index (χ0) is 10.1. The van der Waals surface area contributed by atoms with Crippen molar-refractivity contribution in [3.05, 3.63) is 35.0 Å². The molecular weight excluding hydrogens is 174 g/mol. The van der Waals surface area contributed by atoms with Crippen molar-refractivity contribution in [1.82, 2.24) is 4.98 Å². The predicted octanol–water partition coefficient (Wildman–Crippen LogP) is 2.53. The molecular formula is C12H13NO. The third kappa shape index (κ3) is 1.23. The van der Waals surface area contributed by atoms with Gasteiger partial charge in [0.25, 0.3) is 0 Å². The van der Waals surface area contributed by atoms with Crippen molar-refractivity contribution in [2.75, 3.05) is 0 Å². The smallest absolute Gasteiger partial charge is 0.124 e. The zero-order valence-corrected chi connectivity index (χ0v) is 8.42. The average Bonchev–Trinajstić information content (AvgIpc) is 2.57. The summed E-state index contributed by atoms with van der Waals surface area (Å²) in [5, 5.41) is 1.17. The summed E-state index contributed by atoms with van der Waals surface area (Å²) < 4.78 is 0. The van der Waals surface area contributed by atoms with Crippen LogP contribution in [0.3, 0.4) is 0 Å². The molecule has 0 saturated carbocycles. The number of carbonyl (C=O) groups excluding carboxylic acids is 1. The van der Waals surface area contributed by atoms with Crippen LogP contribution in [0.1, 0.15) is 16.7 Å². The molecule has 2 nitrogen and oxygen atoms in total. The number of carbonyl (C=O) groups is 1. The molecule has 1 aromatic heterocycles. The van der Waals surface area contributed by atoms with E-state index in [1.54, 1.807) is 0 Å². The van der Waals surface area contributed by atoms with Crippen LogP contribution in [0.25, 0.3) is 10.9 Å². The quantitative estimate of drug-likeness (QED) is 0.720. The first-order chi connectivity index (χ1) is 6.74. The largest absolute Gasteiger partial charge is 0.361 e. The molecule has 0 aliphatic rings. The van der Waals surface area contributed by atoms with Crippen molar-refractivity contribution in [3.8, 4) is 0 Å². The van der Waals surface area contributed by atoms with E-state index < -0.39 is 0 Å². The average molecular weight is 187 g/mol. The van der Waals surface area contributed by atoms with Gasteiger partial charge in [0, 0.05) is 23.5 Å². The van der Waals surface area contributed by atoms with Crippen LogP contribution in [0.15, 0.2) is 18.3 Å². The number of aryl methyl sites for hydroxylation is 2. The van der Waals surface area contributed by atoms with Gasteiger partial charge in [-0.3, -0.25) is 0 Å². The molecule has 0 radical (unpaired) electrons. The summed E-state index contributed by atoms with van der Waals surface area (Å²) >= 11 is 0. The van der Waals surface area contributed by atoms with Gasteiger partial charge in [0.1, 0.15) is 6.29 Å². The molecule has 0 amide bonds. The Labute approximate surface area is 82.9 Å². The third-order valence-corrected chi connectivity index (χ3v) is 2.78. The molecule has 0 fully saturated rings. The molecule has 0 aliphatic heterocycles. The summed E-state index contributed by atoms with van der Waals surface area (Å²) in [7, 11) is 0. The fourth-order valence-electron chi connectivity index (χ4n) is 1.77. The number of aromatic nitrogens is 1. The highest BCUT2D eigenvalue weighted by molar-refractivity contribution is 5.88. The van der Waals surface area contributed by atoms with Gasteiger partial charge in [-0.15, -0.1) is 0 Å². The maximum Gasteiger partial charge on any atom is 0.124 e. The number of hydrogen-bond donors (Lipinski definition) is 1. The van der Waals surface area contributed by atoms with E-state index in [0.717, 1.165) is 17.4 Å². The van der Waals surface area contributed by atoms with E-state index in [1.807, 2.05) is 6.20 Å². The van der Waals surface area contributed by atoms with Gasteiger partial charge in [-0.05, 0) is 30.5 Å². The molecule has 0 atom stereocenters. The summed E-state index contributed by atoms with van der Waals surface area (Å²) in [6.07, 6.45) is 3.35. The molecule has 2 rings (SSSR count). The lowest BCUT2D eigenvalue weighted by Crippen LogP contribution is -1.85. The van der Waals surface area contributed by atoms with Crippen LogP contribution in [0.2, 0.25) is 0 Å². The van der Waals surface area contributed by atoms with Gasteiger partial charge in [0.2, 0.25) is 0 Å². The Morgan fingerprint density at radius 1 is 1.36 bits per heavy atom. The third-order valence-electron chi connectivity index (χ3n) is 2.78. The zero-order valence-electron chi connectivity index (χ0n) is 8.42. The molecule has 2 heteroatoms. The number of H-pyrrole nitrogens is 1. The van der Waals surface area contributed by atoms with Crippen molar-refractivity contribution in [2.24, 2.45) is 0 Å². The van der Waals surface area contributed by atoms with E-state index in [2.05, 4.69) is 31.0 Å². The number of aldehydes is 1. The summed E-state index contributed by atoms with van der Waals surface area (Å²) in [6.45, 7) is 4.19. The molecule has 1 N–H and O–H groups in total. The second kappa shape index (κ2) is 3.29. The summed E-state index contributed by atoms with van der Waals surface area (Å²) in [6, 6.07) is 4.17. The SMILES string of the molecule is Cc1ccc2c(CC=O)c[nH]c2c1C. The molecule has 0 unspecified atom stereocenters. The van der Waals surface area contributed by atoms with Crippen molar-refractivity contribution >= 4 is 17.2 Å². The molecule has 14 heavy (non-hydrogen) atoms. The minimum Gasteiger partial charge on any atom is -0.361 e. The van der Waals surface area contributed by atoms with Gasteiger partial charge < -0.3 is 9.78 Å². The Balaban J connectivity index is 2.70. The van der Waals surface area contributed by atoms with E-state index in [1.165, 1.54) is 16.5 Å². The monoisotopic (exact) mass is 187 g/mol. The van der Waals surface area contributed by atoms with Crippen LogP contribution >= 0.6 is 0 Å². The van der Waals surface area contributed by atoms with Crippen molar-refractivity contribution in [1.29, 1.82) is 0 Å². The maximum atomic E-state index is 10.5. The molecule has 72 valence electrons. The number of benzene rings is 1. The number of rotatable bonds is 2. The van der Waals surface area contributed by atoms with Crippen LogP contribution in [-0.2, 0) is 11.2 Å². The molecule has 0 aliphatic carbocycles. The van der Waals surface area contributed by atoms with Crippen LogP contribution < -0.4 is 0 Å². The molecule has 0 bridgehead atoms. The minimum atomic E-state index is 0.489. The van der Waals surface area contributed by atoms with Crippen LogP contribution in [0.4, 0.5) is 0 Å². The van der Waals surface area contributed by atoms with Crippen LogP contribution in [0, 0.1) is 13.8 Å². The topological polar surface area (TPSA) is 32.9 Å². The number of hydrogen-bond acceptors (Lipinski definition) is 1. The fourth-order valence-corrected chi connectivity index (χ4v) is 1.77. The van der Waals surface area contributed by atoms with Gasteiger partial charge in [-0.2, -0.15) is 0 Å². The number of nitrogens with one attached hydrogen (secondary N) is 1. The summed E-state index contributed by atoms with van der Waals surface area (Å²) in [4.78, 5) is 13.7. The summed E-state index contributed by atoms with van der Waals surface area (Å²) in [5.74, 6) is 0. The highest BCUT2D eigenvalue weighted by atomic mass is 16.1. The van der Waals surface area contributed by atoms with Gasteiger partial charge in [0.15, 0.2) is 0 Å². The Hall–Kier alpha value is -1.57. The molecule has 0 spiro atoms. The van der Waals surface area contributed by atoms with E-state index in [9.17, 15) is 4.79 Å². The molecule has 2 aromatic rings. The highest BCUT2D eigenvalue weighted by Crippen LogP contribution is 2.23. The first-order valence-corrected chi connectivity index (χ1v) is 4.74. The lowest BCUT2D eigenvalue weighted by atomic mass is 10.0. The van der Waals surface area contributed by atoms with E-state index in [-0.39, 0.29) is 0 Å². The van der Waals surface area contributed by atoms with Gasteiger partial charge in [-0.1, -0.05) is 12.1 Å². The second-order valence-corrected chi connectivity index (χ2v) is 3.61. The Bertz CT molecular complexity index is 482. The van der Waals surface area contributed by atoms with Crippen LogP contribution in [-0.4, -0.2) is 11.3 Å². The van der Waals surface area contributed by atoms with Gasteiger partial charge in [0.05, 0.1) is 0 Å². The van der Waals surface area contributed by atoms with Crippen molar-refractivity contribution in [3.63, 3.8) is 0 Å². The Morgan fingerprint density at radius 3 is 2.86 bits per heavy atom. The lowest BCUT2D eigenvalue weighted by molar-refractivity contribution is -0.107. The van der Waals surface area contributed by atoms with E-state index in [4.69, 9.17) is 0 Å². The van der Waals surface area contributed by atoms with E-state index in [0.29, 0.717) is 6.42 Å². The standard InChI is InChI=1S/C12H13NO/c1-8-3-4-11-10(5-6-14)7-13-12(11)9(8)2/h3-4,6-7,13H,5H2,1-2H3. The van der Waals surface area contributed by atoms with Gasteiger partial charge in [-0.25, -0.2) is 0 Å². The predicted molar refractivity (Wildman–Crippen MR) is 57.5 cm³/mol. The normalized spacial score (nSPS) is 10.7. The minimum absolute atomic E-state index is 0.489. The first kappa shape index (κ1) is 9.00. The van der Waals surface area contributed by atoms with E-state index >= 15 is 0 Å². The Morgan fingerprint density at radius 2 is 2.14 bits per heavy atom. The first-order valence-electron chi connectivity index (χ1n) is 4.74. The molecule has 1 heterocycles. The van der Waals surface area contributed by atoms with Gasteiger partial charge >= 0.3 is 0 Å². The Kier molecular flexibility index (Phi) is 2.12. The van der Waals surface area contributed by atoms with Crippen molar-refractivity contribution in [2.45, 2.75) is 20.3 Å².